The first-order chi connectivity index (χ1) is 19.0. The predicted molar refractivity (Wildman–Crippen MR) is 150 cm³/mol. The van der Waals surface area contributed by atoms with Gasteiger partial charge in [0.25, 0.3) is 5.91 Å². The molecule has 9 heteroatoms. The Balaban J connectivity index is 1.72. The first-order valence-corrected chi connectivity index (χ1v) is 13.3. The second kappa shape index (κ2) is 10.4. The quantitative estimate of drug-likeness (QED) is 0.255. The molecule has 1 aromatic heterocycles. The van der Waals surface area contributed by atoms with Crippen LogP contribution in [-0.2, 0) is 4.74 Å². The fourth-order valence-electron chi connectivity index (χ4n) is 5.05. The lowest BCUT2D eigenvalue weighted by Gasteiger charge is -2.37. The molecule has 0 saturated carbocycles. The molecular weight excluding hydrogens is 513 g/mol. The standard InChI is InChI=1S/C31H34FN3O5/c1-7-17(2)15-38-20-11-12-21(22(32)13-20)28-29-23(14-31(5,6)16-39-29)34-27-24(9-8-10-25(27)36)35(28)30(37)26-18(3)40-19(4)33-26/h8-13,28,34,36H,2,7,14-16H2,1,3-6H3. The number of hydrogen-bond acceptors (Lipinski definition) is 7. The van der Waals surface area contributed by atoms with Crippen LogP contribution in [0.15, 0.2) is 64.4 Å². The molecule has 0 spiro atoms. The van der Waals surface area contributed by atoms with Crippen molar-refractivity contribution in [2.75, 3.05) is 23.4 Å². The number of oxazole rings is 1. The minimum Gasteiger partial charge on any atom is -0.506 e. The Morgan fingerprint density at radius 1 is 1.30 bits per heavy atom. The van der Waals surface area contributed by atoms with Gasteiger partial charge in [-0.15, -0.1) is 0 Å². The third kappa shape index (κ3) is 5.03. The minimum atomic E-state index is -1.01. The summed E-state index contributed by atoms with van der Waals surface area (Å²) in [6, 6.07) is 8.44. The number of nitrogens with one attached hydrogen (secondary N) is 1. The molecule has 0 fully saturated rings. The fourth-order valence-corrected chi connectivity index (χ4v) is 5.05. The molecule has 8 nitrogen and oxygen atoms in total. The highest BCUT2D eigenvalue weighted by atomic mass is 19.1. The van der Waals surface area contributed by atoms with Crippen LogP contribution in [0.2, 0.25) is 0 Å². The second-order valence-corrected chi connectivity index (χ2v) is 11.1. The summed E-state index contributed by atoms with van der Waals surface area (Å²) in [4.78, 5) is 20.0. The number of phenolic OH excluding ortho intramolecular Hbond substituents is 1. The van der Waals surface area contributed by atoms with E-state index in [0.717, 1.165) is 12.0 Å². The van der Waals surface area contributed by atoms with Crippen LogP contribution >= 0.6 is 0 Å². The molecular formula is C31H34FN3O5. The molecule has 2 aliphatic rings. The zero-order valence-electron chi connectivity index (χ0n) is 23.4. The van der Waals surface area contributed by atoms with Crippen molar-refractivity contribution in [2.24, 2.45) is 5.41 Å². The van der Waals surface area contributed by atoms with Crippen molar-refractivity contribution < 1.29 is 28.2 Å². The molecule has 0 bridgehead atoms. The number of aromatic hydroxyl groups is 1. The Morgan fingerprint density at radius 2 is 2.08 bits per heavy atom. The predicted octanol–water partition coefficient (Wildman–Crippen LogP) is 6.95. The summed E-state index contributed by atoms with van der Waals surface area (Å²) in [6.45, 7) is 14.0. The summed E-state index contributed by atoms with van der Waals surface area (Å²) in [7, 11) is 0. The molecule has 1 amide bonds. The third-order valence-corrected chi connectivity index (χ3v) is 7.17. The van der Waals surface area contributed by atoms with E-state index >= 15 is 4.39 Å². The number of aryl methyl sites for hydroxylation is 2. The number of amides is 1. The van der Waals surface area contributed by atoms with Gasteiger partial charge in [-0.05, 0) is 49.6 Å². The SMILES string of the molecule is C=C(CC)COc1ccc(C2C3=C(CC(C)(C)CO3)Nc3c(O)cccc3N2C(=O)c2nc(C)oc2C)c(F)c1. The number of para-hydroxylation sites is 1. The van der Waals surface area contributed by atoms with Gasteiger partial charge in [-0.2, -0.15) is 0 Å². The molecule has 2 aromatic carbocycles. The van der Waals surface area contributed by atoms with E-state index in [2.05, 4.69) is 30.7 Å². The van der Waals surface area contributed by atoms with Crippen LogP contribution in [0, 0.1) is 25.1 Å². The number of carbonyl (C=O) groups is 1. The Hall–Kier alpha value is -4.27. The van der Waals surface area contributed by atoms with Crippen LogP contribution in [0.25, 0.3) is 0 Å². The van der Waals surface area contributed by atoms with Crippen LogP contribution in [0.4, 0.5) is 15.8 Å². The van der Waals surface area contributed by atoms with Gasteiger partial charge in [0.15, 0.2) is 11.6 Å². The number of carbonyl (C=O) groups excluding carboxylic acids is 1. The highest BCUT2D eigenvalue weighted by molar-refractivity contribution is 6.09. The van der Waals surface area contributed by atoms with Crippen molar-refractivity contribution in [2.45, 2.75) is 53.5 Å². The van der Waals surface area contributed by atoms with Gasteiger partial charge in [-0.1, -0.05) is 33.4 Å². The van der Waals surface area contributed by atoms with E-state index in [4.69, 9.17) is 13.9 Å². The van der Waals surface area contributed by atoms with Crippen molar-refractivity contribution in [1.82, 2.24) is 4.98 Å². The lowest BCUT2D eigenvalue weighted by atomic mass is 9.85. The maximum Gasteiger partial charge on any atom is 0.281 e. The molecule has 0 aliphatic carbocycles. The topological polar surface area (TPSA) is 97.1 Å². The van der Waals surface area contributed by atoms with Gasteiger partial charge >= 0.3 is 0 Å². The number of fused-ring (bicyclic) bond motifs is 1. The summed E-state index contributed by atoms with van der Waals surface area (Å²) in [5.74, 6) is 0.265. The van der Waals surface area contributed by atoms with Gasteiger partial charge in [-0.3, -0.25) is 9.69 Å². The molecule has 210 valence electrons. The number of rotatable bonds is 6. The maximum absolute atomic E-state index is 16.0. The van der Waals surface area contributed by atoms with Gasteiger partial charge in [-0.25, -0.2) is 9.37 Å². The second-order valence-electron chi connectivity index (χ2n) is 11.1. The van der Waals surface area contributed by atoms with Gasteiger partial charge in [0.2, 0.25) is 0 Å². The molecule has 0 saturated heterocycles. The van der Waals surface area contributed by atoms with Crippen molar-refractivity contribution >= 4 is 17.3 Å². The summed E-state index contributed by atoms with van der Waals surface area (Å²) < 4.78 is 33.7. The van der Waals surface area contributed by atoms with Gasteiger partial charge in [0.05, 0.1) is 18.0 Å². The Kier molecular flexibility index (Phi) is 7.08. The molecule has 3 heterocycles. The Bertz CT molecular complexity index is 1520. The smallest absolute Gasteiger partial charge is 0.281 e. The van der Waals surface area contributed by atoms with Crippen LogP contribution in [0.1, 0.15) is 67.4 Å². The summed E-state index contributed by atoms with van der Waals surface area (Å²) in [6.07, 6.45) is 1.31. The van der Waals surface area contributed by atoms with Crippen LogP contribution < -0.4 is 15.0 Å². The number of allylic oxidation sites excluding steroid dienone is 1. The van der Waals surface area contributed by atoms with Crippen LogP contribution in [0.3, 0.4) is 0 Å². The summed E-state index contributed by atoms with van der Waals surface area (Å²) in [5.41, 5.74) is 2.28. The molecule has 0 radical (unpaired) electrons. The molecule has 2 aliphatic heterocycles. The minimum absolute atomic E-state index is 0.0559. The van der Waals surface area contributed by atoms with Gasteiger partial charge in [0.1, 0.15) is 47.2 Å². The molecule has 3 aromatic rings. The zero-order valence-corrected chi connectivity index (χ0v) is 23.4. The van der Waals surface area contributed by atoms with E-state index in [0.29, 0.717) is 53.3 Å². The molecule has 1 unspecified atom stereocenters. The van der Waals surface area contributed by atoms with E-state index in [-0.39, 0.29) is 29.0 Å². The zero-order chi connectivity index (χ0) is 28.8. The van der Waals surface area contributed by atoms with E-state index < -0.39 is 17.8 Å². The largest absolute Gasteiger partial charge is 0.506 e. The summed E-state index contributed by atoms with van der Waals surface area (Å²) >= 11 is 0. The summed E-state index contributed by atoms with van der Waals surface area (Å²) in [5, 5.41) is 14.2. The molecule has 2 N–H and O–H groups in total. The van der Waals surface area contributed by atoms with E-state index in [1.807, 2.05) is 6.92 Å². The van der Waals surface area contributed by atoms with E-state index in [1.165, 1.54) is 17.0 Å². The first kappa shape index (κ1) is 27.3. The lowest BCUT2D eigenvalue weighted by Crippen LogP contribution is -2.39. The van der Waals surface area contributed by atoms with Crippen LogP contribution in [0.5, 0.6) is 11.5 Å². The van der Waals surface area contributed by atoms with Gasteiger partial charge in [0, 0.05) is 24.0 Å². The number of anilines is 2. The number of phenols is 1. The van der Waals surface area contributed by atoms with Crippen molar-refractivity contribution in [3.63, 3.8) is 0 Å². The van der Waals surface area contributed by atoms with Gasteiger partial charge < -0.3 is 24.3 Å². The number of halogens is 1. The lowest BCUT2D eigenvalue weighted by molar-refractivity contribution is 0.0756. The first-order valence-electron chi connectivity index (χ1n) is 13.3. The van der Waals surface area contributed by atoms with Crippen molar-refractivity contribution in [1.29, 1.82) is 0 Å². The molecule has 1 atom stereocenters. The number of hydrogen-bond donors (Lipinski definition) is 2. The number of ether oxygens (including phenoxy) is 2. The van der Waals surface area contributed by atoms with Crippen LogP contribution in [-0.4, -0.2) is 29.2 Å². The highest BCUT2D eigenvalue weighted by Crippen LogP contribution is 2.50. The third-order valence-electron chi connectivity index (χ3n) is 7.17. The maximum atomic E-state index is 16.0. The normalized spacial score (nSPS) is 17.8. The van der Waals surface area contributed by atoms with Crippen molar-refractivity contribution in [3.8, 4) is 11.5 Å². The molecule has 5 rings (SSSR count). The Morgan fingerprint density at radius 3 is 2.75 bits per heavy atom. The molecule has 40 heavy (non-hydrogen) atoms. The average molecular weight is 548 g/mol. The number of aromatic nitrogens is 1. The highest BCUT2D eigenvalue weighted by Gasteiger charge is 2.43. The van der Waals surface area contributed by atoms with E-state index in [1.54, 1.807) is 38.1 Å². The monoisotopic (exact) mass is 547 g/mol. The number of benzene rings is 2. The number of nitrogens with zero attached hydrogens (tertiary/aromatic N) is 2. The fraction of sp³-hybridized carbons (Fsp3) is 0.355. The van der Waals surface area contributed by atoms with E-state index in [9.17, 15) is 9.90 Å². The Labute approximate surface area is 233 Å². The van der Waals surface area contributed by atoms with Crippen molar-refractivity contribution in [3.05, 3.63) is 88.7 Å². The average Bonchev–Trinajstić information content (AvgIpc) is 3.17.